The van der Waals surface area contributed by atoms with E-state index in [1.165, 1.54) is 6.92 Å². The predicted octanol–water partition coefficient (Wildman–Crippen LogP) is 3.52. The highest BCUT2D eigenvalue weighted by Crippen LogP contribution is 2.19. The van der Waals surface area contributed by atoms with Crippen LogP contribution in [0, 0.1) is 13.8 Å². The first kappa shape index (κ1) is 19.7. The minimum Gasteiger partial charge on any atom is -0.451 e. The summed E-state index contributed by atoms with van der Waals surface area (Å²) in [7, 11) is 0. The van der Waals surface area contributed by atoms with E-state index in [9.17, 15) is 14.4 Å². The first-order chi connectivity index (χ1) is 12.2. The summed E-state index contributed by atoms with van der Waals surface area (Å²) in [5, 5.41) is 3.32. The number of esters is 1. The van der Waals surface area contributed by atoms with Crippen molar-refractivity contribution in [2.24, 2.45) is 0 Å². The molecule has 2 N–H and O–H groups in total. The molecule has 1 aromatic carbocycles. The standard InChI is InChI=1S/C19H21ClN2O4/c1-10-17(13(4)23)12(3)22-18(10)19(25)26-9-16(24)21-11(2)14-6-5-7-15(20)8-14/h5-8,11,22H,9H2,1-4H3,(H,21,24). The maximum atomic E-state index is 12.2. The Hall–Kier alpha value is -2.60. The lowest BCUT2D eigenvalue weighted by atomic mass is 10.1. The average Bonchev–Trinajstić information content (AvgIpc) is 2.87. The number of hydrogen-bond donors (Lipinski definition) is 2. The molecule has 1 heterocycles. The number of H-pyrrole nitrogens is 1. The summed E-state index contributed by atoms with van der Waals surface area (Å²) in [4.78, 5) is 38.7. The third kappa shape index (κ3) is 4.52. The topological polar surface area (TPSA) is 88.3 Å². The minimum absolute atomic E-state index is 0.136. The molecule has 0 saturated carbocycles. The van der Waals surface area contributed by atoms with Crippen LogP contribution in [0.2, 0.25) is 5.02 Å². The van der Waals surface area contributed by atoms with Gasteiger partial charge in [-0.2, -0.15) is 0 Å². The van der Waals surface area contributed by atoms with Crippen LogP contribution in [0.5, 0.6) is 0 Å². The Kier molecular flexibility index (Phi) is 6.21. The quantitative estimate of drug-likeness (QED) is 0.596. The first-order valence-electron chi connectivity index (χ1n) is 8.12. The highest BCUT2D eigenvalue weighted by Gasteiger charge is 2.21. The Labute approximate surface area is 156 Å². The van der Waals surface area contributed by atoms with Crippen molar-refractivity contribution in [2.45, 2.75) is 33.7 Å². The van der Waals surface area contributed by atoms with Crippen molar-refractivity contribution in [3.63, 3.8) is 0 Å². The van der Waals surface area contributed by atoms with Crippen molar-refractivity contribution < 1.29 is 19.1 Å². The molecule has 0 saturated heterocycles. The van der Waals surface area contributed by atoms with Gasteiger partial charge in [-0.15, -0.1) is 0 Å². The third-order valence-corrected chi connectivity index (χ3v) is 4.29. The van der Waals surface area contributed by atoms with Gasteiger partial charge < -0.3 is 15.0 Å². The molecule has 0 bridgehead atoms. The molecule has 1 atom stereocenters. The number of carbonyl (C=O) groups is 3. The molecule has 0 radical (unpaired) electrons. The van der Waals surface area contributed by atoms with Gasteiger partial charge in [0.2, 0.25) is 0 Å². The maximum absolute atomic E-state index is 12.2. The van der Waals surface area contributed by atoms with Crippen LogP contribution in [0.1, 0.15) is 57.6 Å². The first-order valence-corrected chi connectivity index (χ1v) is 8.50. The number of halogens is 1. The van der Waals surface area contributed by atoms with Gasteiger partial charge in [0.25, 0.3) is 5.91 Å². The van der Waals surface area contributed by atoms with Crippen molar-refractivity contribution in [3.8, 4) is 0 Å². The summed E-state index contributed by atoms with van der Waals surface area (Å²) in [5.41, 5.74) is 2.62. The minimum atomic E-state index is -0.677. The smallest absolute Gasteiger partial charge is 0.355 e. The van der Waals surface area contributed by atoms with Crippen molar-refractivity contribution in [3.05, 3.63) is 57.4 Å². The molecule has 0 aliphatic carbocycles. The van der Waals surface area contributed by atoms with E-state index in [0.717, 1.165) is 5.56 Å². The summed E-state index contributed by atoms with van der Waals surface area (Å²) < 4.78 is 5.06. The Morgan fingerprint density at radius 3 is 2.54 bits per heavy atom. The van der Waals surface area contributed by atoms with E-state index < -0.39 is 18.5 Å². The fourth-order valence-corrected chi connectivity index (χ4v) is 3.03. The summed E-state index contributed by atoms with van der Waals surface area (Å²) >= 11 is 5.94. The lowest BCUT2D eigenvalue weighted by Crippen LogP contribution is -2.31. The fraction of sp³-hybridized carbons (Fsp3) is 0.316. The number of amides is 1. The highest BCUT2D eigenvalue weighted by molar-refractivity contribution is 6.30. The molecule has 2 aromatic rings. The van der Waals surface area contributed by atoms with Crippen molar-refractivity contribution in [2.75, 3.05) is 6.61 Å². The molecule has 0 aliphatic rings. The number of Topliss-reactive ketones (excluding diaryl/α,β-unsaturated/α-hetero) is 1. The van der Waals surface area contributed by atoms with Gasteiger partial charge >= 0.3 is 5.97 Å². The molecular formula is C19H21ClN2O4. The number of nitrogens with one attached hydrogen (secondary N) is 2. The van der Waals surface area contributed by atoms with Crippen molar-refractivity contribution >= 4 is 29.3 Å². The Morgan fingerprint density at radius 1 is 1.27 bits per heavy atom. The molecule has 138 valence electrons. The SMILES string of the molecule is CC(=O)c1c(C)[nH]c(C(=O)OCC(=O)NC(C)c2cccc(Cl)c2)c1C. The van der Waals surface area contributed by atoms with Crippen LogP contribution in [0.3, 0.4) is 0 Å². The Bertz CT molecular complexity index is 857. The van der Waals surface area contributed by atoms with E-state index in [-0.39, 0.29) is 17.5 Å². The van der Waals surface area contributed by atoms with Crippen molar-refractivity contribution in [1.29, 1.82) is 0 Å². The highest BCUT2D eigenvalue weighted by atomic mass is 35.5. The molecule has 1 aromatic heterocycles. The lowest BCUT2D eigenvalue weighted by Gasteiger charge is -2.14. The van der Waals surface area contributed by atoms with Gasteiger partial charge in [0.15, 0.2) is 12.4 Å². The molecule has 0 spiro atoms. The normalized spacial score (nSPS) is 11.7. The summed E-state index contributed by atoms with van der Waals surface area (Å²) in [6, 6.07) is 6.86. The molecule has 2 rings (SSSR count). The number of ketones is 1. The number of aromatic amines is 1. The van der Waals surface area contributed by atoms with Gasteiger partial charge in [0.1, 0.15) is 5.69 Å². The second-order valence-electron chi connectivity index (χ2n) is 6.10. The predicted molar refractivity (Wildman–Crippen MR) is 98.6 cm³/mol. The van der Waals surface area contributed by atoms with Gasteiger partial charge in [-0.25, -0.2) is 4.79 Å². The van der Waals surface area contributed by atoms with Crippen LogP contribution in [-0.2, 0) is 9.53 Å². The van der Waals surface area contributed by atoms with Crippen LogP contribution < -0.4 is 5.32 Å². The maximum Gasteiger partial charge on any atom is 0.355 e. The number of ether oxygens (including phenoxy) is 1. The van der Waals surface area contributed by atoms with E-state index in [4.69, 9.17) is 16.3 Å². The molecule has 1 amide bonds. The summed E-state index contributed by atoms with van der Waals surface area (Å²) in [5.74, 6) is -1.24. The molecule has 1 unspecified atom stereocenters. The van der Waals surface area contributed by atoms with Crippen LogP contribution in [0.4, 0.5) is 0 Å². The van der Waals surface area contributed by atoms with Crippen LogP contribution >= 0.6 is 11.6 Å². The van der Waals surface area contributed by atoms with E-state index in [1.807, 2.05) is 13.0 Å². The fourth-order valence-electron chi connectivity index (χ4n) is 2.83. The van der Waals surface area contributed by atoms with Gasteiger partial charge in [-0.1, -0.05) is 23.7 Å². The van der Waals surface area contributed by atoms with E-state index in [2.05, 4.69) is 10.3 Å². The van der Waals surface area contributed by atoms with Gasteiger partial charge in [-0.3, -0.25) is 9.59 Å². The number of carbonyl (C=O) groups excluding carboxylic acids is 3. The van der Waals surface area contributed by atoms with E-state index >= 15 is 0 Å². The Balaban J connectivity index is 1.96. The van der Waals surface area contributed by atoms with Gasteiger partial charge in [0, 0.05) is 16.3 Å². The molecule has 0 fully saturated rings. The number of aromatic nitrogens is 1. The number of rotatable bonds is 6. The van der Waals surface area contributed by atoms with E-state index in [1.54, 1.807) is 32.0 Å². The van der Waals surface area contributed by atoms with Crippen molar-refractivity contribution in [1.82, 2.24) is 10.3 Å². The van der Waals surface area contributed by atoms with Crippen LogP contribution in [0.15, 0.2) is 24.3 Å². The van der Waals surface area contributed by atoms with Gasteiger partial charge in [0.05, 0.1) is 6.04 Å². The zero-order chi connectivity index (χ0) is 19.4. The number of benzene rings is 1. The average molecular weight is 377 g/mol. The Morgan fingerprint density at radius 2 is 1.96 bits per heavy atom. The summed E-state index contributed by atoms with van der Waals surface area (Å²) in [6.07, 6.45) is 0. The monoisotopic (exact) mass is 376 g/mol. The zero-order valence-corrected chi connectivity index (χ0v) is 15.9. The second kappa shape index (κ2) is 8.19. The number of hydrogen-bond acceptors (Lipinski definition) is 4. The summed E-state index contributed by atoms with van der Waals surface area (Å²) in [6.45, 7) is 6.20. The van der Waals surface area contributed by atoms with Crippen LogP contribution in [-0.4, -0.2) is 29.3 Å². The molecule has 0 aliphatic heterocycles. The largest absolute Gasteiger partial charge is 0.451 e. The van der Waals surface area contributed by atoms with Gasteiger partial charge in [-0.05, 0) is 51.0 Å². The second-order valence-corrected chi connectivity index (χ2v) is 6.54. The lowest BCUT2D eigenvalue weighted by molar-refractivity contribution is -0.124. The third-order valence-electron chi connectivity index (χ3n) is 4.05. The molecule has 7 heteroatoms. The molecule has 6 nitrogen and oxygen atoms in total. The molecule has 26 heavy (non-hydrogen) atoms. The molecular weight excluding hydrogens is 356 g/mol. The van der Waals surface area contributed by atoms with Crippen LogP contribution in [0.25, 0.3) is 0 Å². The van der Waals surface area contributed by atoms with E-state index in [0.29, 0.717) is 21.8 Å². The number of aryl methyl sites for hydroxylation is 1. The zero-order valence-electron chi connectivity index (χ0n) is 15.1.